The molecule has 1 N–H and O–H groups in total. The van der Waals surface area contributed by atoms with Crippen LogP contribution >= 0.6 is 15.9 Å². The van der Waals surface area contributed by atoms with E-state index in [2.05, 4.69) is 49.1 Å². The third-order valence-corrected chi connectivity index (χ3v) is 4.45. The molecule has 0 aliphatic carbocycles. The Morgan fingerprint density at radius 3 is 2.74 bits per heavy atom. The van der Waals surface area contributed by atoms with Crippen molar-refractivity contribution in [1.29, 1.82) is 0 Å². The van der Waals surface area contributed by atoms with Crippen molar-refractivity contribution in [3.8, 4) is 0 Å². The number of nitrogens with zero attached hydrogens (tertiary/aromatic N) is 4. The van der Waals surface area contributed by atoms with E-state index in [1.54, 1.807) is 0 Å². The second-order valence-corrected chi connectivity index (χ2v) is 5.38. The summed E-state index contributed by atoms with van der Waals surface area (Å²) in [5.74, 6) is 0. The predicted molar refractivity (Wildman–Crippen MR) is 79.1 cm³/mol. The van der Waals surface area contributed by atoms with Crippen molar-refractivity contribution >= 4 is 15.9 Å². The Hall–Kier alpha value is -1.14. The van der Waals surface area contributed by atoms with Crippen LogP contribution in [0.2, 0.25) is 0 Å². The molecule has 19 heavy (non-hydrogen) atoms. The molecule has 1 unspecified atom stereocenters. The van der Waals surface area contributed by atoms with E-state index >= 15 is 0 Å². The van der Waals surface area contributed by atoms with E-state index in [0.29, 0.717) is 0 Å². The van der Waals surface area contributed by atoms with Crippen LogP contribution in [0.25, 0.3) is 0 Å². The Balaban J connectivity index is 2.31. The number of nitrogens with one attached hydrogen (secondary N) is 1. The maximum Gasteiger partial charge on any atom is 0.0738 e. The lowest BCUT2D eigenvalue weighted by Crippen LogP contribution is -2.23. The van der Waals surface area contributed by atoms with Crippen molar-refractivity contribution in [2.45, 2.75) is 32.9 Å². The highest BCUT2D eigenvalue weighted by atomic mass is 79.9. The zero-order valence-corrected chi connectivity index (χ0v) is 13.4. The number of halogens is 1. The molecule has 2 heterocycles. The van der Waals surface area contributed by atoms with Gasteiger partial charge in [-0.1, -0.05) is 0 Å². The second kappa shape index (κ2) is 5.88. The molecule has 2 aromatic heterocycles. The molecule has 0 bridgehead atoms. The molecule has 0 radical (unpaired) electrons. The first kappa shape index (κ1) is 14.3. The molecular weight excluding hydrogens is 306 g/mol. The average Bonchev–Trinajstić information content (AvgIpc) is 2.93. The molecule has 1 atom stereocenters. The van der Waals surface area contributed by atoms with Gasteiger partial charge in [0.1, 0.15) is 0 Å². The molecular formula is C13H20BrN5. The summed E-state index contributed by atoms with van der Waals surface area (Å²) in [4.78, 5) is 0. The lowest BCUT2D eigenvalue weighted by molar-refractivity contribution is 0.508. The van der Waals surface area contributed by atoms with E-state index < -0.39 is 0 Å². The monoisotopic (exact) mass is 325 g/mol. The minimum Gasteiger partial charge on any atom is -0.311 e. The van der Waals surface area contributed by atoms with Crippen LogP contribution in [0, 0.1) is 6.92 Å². The minimum atomic E-state index is 0.227. The lowest BCUT2D eigenvalue weighted by Gasteiger charge is -2.17. The van der Waals surface area contributed by atoms with Crippen LogP contribution in [-0.4, -0.2) is 26.6 Å². The minimum absolute atomic E-state index is 0.227. The van der Waals surface area contributed by atoms with Gasteiger partial charge in [-0.05, 0) is 42.9 Å². The smallest absolute Gasteiger partial charge is 0.0738 e. The highest BCUT2D eigenvalue weighted by Crippen LogP contribution is 2.26. The largest absolute Gasteiger partial charge is 0.311 e. The van der Waals surface area contributed by atoms with Crippen molar-refractivity contribution in [1.82, 2.24) is 24.9 Å². The average molecular weight is 326 g/mol. The Labute approximate surface area is 122 Å². The summed E-state index contributed by atoms with van der Waals surface area (Å²) in [6.45, 7) is 5.02. The Morgan fingerprint density at radius 2 is 2.21 bits per heavy atom. The van der Waals surface area contributed by atoms with E-state index in [0.717, 1.165) is 23.1 Å². The van der Waals surface area contributed by atoms with Crippen molar-refractivity contribution in [2.24, 2.45) is 7.05 Å². The van der Waals surface area contributed by atoms with Crippen molar-refractivity contribution in [2.75, 3.05) is 7.05 Å². The van der Waals surface area contributed by atoms with E-state index in [1.165, 1.54) is 11.4 Å². The molecule has 0 spiro atoms. The van der Waals surface area contributed by atoms with Crippen LogP contribution in [0.1, 0.15) is 30.0 Å². The maximum absolute atomic E-state index is 4.54. The first-order valence-corrected chi connectivity index (χ1v) is 7.24. The summed E-state index contributed by atoms with van der Waals surface area (Å²) in [6.07, 6.45) is 2.71. The number of rotatable bonds is 5. The molecule has 0 aromatic carbocycles. The van der Waals surface area contributed by atoms with Gasteiger partial charge in [0.25, 0.3) is 0 Å². The van der Waals surface area contributed by atoms with Crippen LogP contribution < -0.4 is 5.32 Å². The molecule has 104 valence electrons. The maximum atomic E-state index is 4.54. The number of aryl methyl sites for hydroxylation is 3. The zero-order chi connectivity index (χ0) is 14.0. The number of aromatic nitrogens is 4. The molecule has 2 aromatic rings. The summed E-state index contributed by atoms with van der Waals surface area (Å²) in [5, 5.41) is 12.1. The number of hydrogen-bond donors (Lipinski definition) is 1. The van der Waals surface area contributed by atoms with E-state index in [1.807, 2.05) is 31.9 Å². The first-order chi connectivity index (χ1) is 9.08. The van der Waals surface area contributed by atoms with Crippen LogP contribution in [0.3, 0.4) is 0 Å². The predicted octanol–water partition coefficient (Wildman–Crippen LogP) is 2.21. The molecule has 0 amide bonds. The van der Waals surface area contributed by atoms with E-state index in [9.17, 15) is 0 Å². The highest BCUT2D eigenvalue weighted by molar-refractivity contribution is 9.10. The van der Waals surface area contributed by atoms with E-state index in [4.69, 9.17) is 0 Å². The van der Waals surface area contributed by atoms with Crippen molar-refractivity contribution < 1.29 is 0 Å². The normalized spacial score (nSPS) is 12.9. The second-order valence-electron chi connectivity index (χ2n) is 4.59. The van der Waals surface area contributed by atoms with Gasteiger partial charge in [0.15, 0.2) is 0 Å². The molecule has 0 saturated heterocycles. The first-order valence-electron chi connectivity index (χ1n) is 6.45. The summed E-state index contributed by atoms with van der Waals surface area (Å²) < 4.78 is 5.08. The van der Waals surface area contributed by atoms with Gasteiger partial charge in [0.2, 0.25) is 0 Å². The van der Waals surface area contributed by atoms with Crippen LogP contribution in [0.5, 0.6) is 0 Å². The summed E-state index contributed by atoms with van der Waals surface area (Å²) >= 11 is 3.65. The van der Waals surface area contributed by atoms with Gasteiger partial charge >= 0.3 is 0 Å². The fourth-order valence-electron chi connectivity index (χ4n) is 2.34. The summed E-state index contributed by atoms with van der Waals surface area (Å²) in [6, 6.07) is 2.28. The van der Waals surface area contributed by atoms with Gasteiger partial charge in [0, 0.05) is 26.2 Å². The topological polar surface area (TPSA) is 47.7 Å². The van der Waals surface area contributed by atoms with Crippen molar-refractivity contribution in [3.63, 3.8) is 0 Å². The molecule has 5 nitrogen and oxygen atoms in total. The lowest BCUT2D eigenvalue weighted by atomic mass is 10.1. The third-order valence-electron chi connectivity index (χ3n) is 3.41. The van der Waals surface area contributed by atoms with Crippen molar-refractivity contribution in [3.05, 3.63) is 33.8 Å². The third kappa shape index (κ3) is 2.74. The highest BCUT2D eigenvalue weighted by Gasteiger charge is 2.19. The Morgan fingerprint density at radius 1 is 1.47 bits per heavy atom. The number of hydrogen-bond acceptors (Lipinski definition) is 3. The molecule has 0 aliphatic rings. The SMILES string of the molecule is CCn1nc(C)c(Br)c1CC(NC)c1ccnn1C. The fraction of sp³-hybridized carbons (Fsp3) is 0.538. The van der Waals surface area contributed by atoms with E-state index in [-0.39, 0.29) is 6.04 Å². The molecule has 0 fully saturated rings. The van der Waals surface area contributed by atoms with Gasteiger partial charge in [-0.15, -0.1) is 0 Å². The van der Waals surface area contributed by atoms with Gasteiger partial charge in [0.05, 0.1) is 27.6 Å². The summed E-state index contributed by atoms with van der Waals surface area (Å²) in [5.41, 5.74) is 3.44. The quantitative estimate of drug-likeness (QED) is 0.916. The molecule has 2 rings (SSSR count). The zero-order valence-electron chi connectivity index (χ0n) is 11.8. The van der Waals surface area contributed by atoms with Crippen LogP contribution in [0.4, 0.5) is 0 Å². The van der Waals surface area contributed by atoms with Gasteiger partial charge in [-0.3, -0.25) is 9.36 Å². The fourth-order valence-corrected chi connectivity index (χ4v) is 2.78. The Bertz CT molecular complexity index is 557. The molecule has 0 aliphatic heterocycles. The van der Waals surface area contributed by atoms with Gasteiger partial charge in [-0.2, -0.15) is 10.2 Å². The standard InChI is InChI=1S/C13H20BrN5/c1-5-19-12(13(14)9(2)17-19)8-10(15-3)11-6-7-16-18(11)4/h6-7,10,15H,5,8H2,1-4H3. The Kier molecular flexibility index (Phi) is 4.42. The number of likely N-dealkylation sites (N-methyl/N-ethyl adjacent to an activating group) is 1. The molecule has 6 heteroatoms. The summed E-state index contributed by atoms with van der Waals surface area (Å²) in [7, 11) is 3.95. The molecule has 0 saturated carbocycles. The van der Waals surface area contributed by atoms with Gasteiger partial charge < -0.3 is 5.32 Å². The van der Waals surface area contributed by atoms with Crippen LogP contribution in [0.15, 0.2) is 16.7 Å². The van der Waals surface area contributed by atoms with Gasteiger partial charge in [-0.25, -0.2) is 0 Å². The van der Waals surface area contributed by atoms with Crippen LogP contribution in [-0.2, 0) is 20.0 Å².